The van der Waals surface area contributed by atoms with Gasteiger partial charge in [0, 0.05) is 24.0 Å². The van der Waals surface area contributed by atoms with Gasteiger partial charge in [0.2, 0.25) is 0 Å². The molecule has 1 atom stereocenters. The van der Waals surface area contributed by atoms with Crippen LogP contribution < -0.4 is 11.1 Å². The molecule has 0 saturated carbocycles. The van der Waals surface area contributed by atoms with Gasteiger partial charge < -0.3 is 11.1 Å². The Morgan fingerprint density at radius 2 is 2.37 bits per heavy atom. The number of nitrogens with two attached hydrogens (primary N) is 1. The summed E-state index contributed by atoms with van der Waals surface area (Å²) in [4.78, 5) is 15.8. The Balaban J connectivity index is 2.00. The maximum absolute atomic E-state index is 12.0. The van der Waals surface area contributed by atoms with Gasteiger partial charge in [0.25, 0.3) is 5.91 Å². The van der Waals surface area contributed by atoms with Crippen molar-refractivity contribution in [2.45, 2.75) is 19.5 Å². The number of amides is 1. The van der Waals surface area contributed by atoms with Gasteiger partial charge in [-0.2, -0.15) is 5.10 Å². The van der Waals surface area contributed by atoms with Crippen LogP contribution >= 0.6 is 11.6 Å². The van der Waals surface area contributed by atoms with Crippen LogP contribution in [0.2, 0.25) is 5.15 Å². The summed E-state index contributed by atoms with van der Waals surface area (Å²) in [6.07, 6.45) is 3.53. The normalized spacial score (nSPS) is 12.1. The molecule has 0 radical (unpaired) electrons. The summed E-state index contributed by atoms with van der Waals surface area (Å²) in [5, 5.41) is 7.12. The highest BCUT2D eigenvalue weighted by Crippen LogP contribution is 2.12. The van der Waals surface area contributed by atoms with Crippen LogP contribution in [0.5, 0.6) is 0 Å². The molecular formula is C12H14ClN5O. The molecule has 0 aliphatic carbocycles. The molecule has 2 aromatic heterocycles. The summed E-state index contributed by atoms with van der Waals surface area (Å²) < 4.78 is 1.75. The van der Waals surface area contributed by atoms with Crippen molar-refractivity contribution < 1.29 is 4.79 Å². The van der Waals surface area contributed by atoms with Crippen molar-refractivity contribution in [3.8, 4) is 0 Å². The first-order valence-electron chi connectivity index (χ1n) is 5.76. The van der Waals surface area contributed by atoms with Gasteiger partial charge in [0.05, 0.1) is 6.54 Å². The smallest absolute Gasteiger partial charge is 0.251 e. The van der Waals surface area contributed by atoms with Crippen LogP contribution in [0.3, 0.4) is 0 Å². The van der Waals surface area contributed by atoms with E-state index in [0.29, 0.717) is 12.1 Å². The third-order valence-electron chi connectivity index (χ3n) is 2.47. The molecule has 2 rings (SSSR count). The SMILES string of the molecule is CC(Cn1cccn1)NC(=O)c1cc(N)nc(Cl)c1. The number of hydrogen-bond donors (Lipinski definition) is 2. The molecule has 0 aliphatic rings. The summed E-state index contributed by atoms with van der Waals surface area (Å²) in [5.74, 6) is -0.0203. The molecule has 0 spiro atoms. The Kier molecular flexibility index (Phi) is 4.01. The molecular weight excluding hydrogens is 266 g/mol. The Hall–Kier alpha value is -2.08. The Morgan fingerprint density at radius 1 is 1.58 bits per heavy atom. The van der Waals surface area contributed by atoms with Crippen molar-refractivity contribution in [2.24, 2.45) is 0 Å². The number of nitrogens with one attached hydrogen (secondary N) is 1. The number of halogens is 1. The van der Waals surface area contributed by atoms with E-state index in [1.165, 1.54) is 12.1 Å². The minimum absolute atomic E-state index is 0.0689. The third kappa shape index (κ3) is 3.69. The first kappa shape index (κ1) is 13.4. The lowest BCUT2D eigenvalue weighted by atomic mass is 10.2. The summed E-state index contributed by atoms with van der Waals surface area (Å²) in [5.41, 5.74) is 5.94. The standard InChI is InChI=1S/C12H14ClN5O/c1-8(7-18-4-2-3-15-18)16-12(19)9-5-10(13)17-11(14)6-9/h2-6,8H,7H2,1H3,(H2,14,17)(H,16,19). The van der Waals surface area contributed by atoms with Crippen LogP contribution in [0.25, 0.3) is 0 Å². The van der Waals surface area contributed by atoms with Crippen molar-refractivity contribution in [2.75, 3.05) is 5.73 Å². The van der Waals surface area contributed by atoms with E-state index < -0.39 is 0 Å². The van der Waals surface area contributed by atoms with Gasteiger partial charge in [-0.3, -0.25) is 9.48 Å². The van der Waals surface area contributed by atoms with Gasteiger partial charge in [-0.15, -0.1) is 0 Å². The van der Waals surface area contributed by atoms with Gasteiger partial charge in [0.1, 0.15) is 11.0 Å². The van der Waals surface area contributed by atoms with Crippen molar-refractivity contribution >= 4 is 23.3 Å². The molecule has 6 nitrogen and oxygen atoms in total. The van der Waals surface area contributed by atoms with Crippen molar-refractivity contribution in [1.29, 1.82) is 0 Å². The van der Waals surface area contributed by atoms with Crippen molar-refractivity contribution in [3.05, 3.63) is 41.3 Å². The number of anilines is 1. The second kappa shape index (κ2) is 5.71. The van der Waals surface area contributed by atoms with Crippen LogP contribution in [-0.4, -0.2) is 26.7 Å². The molecule has 7 heteroatoms. The number of rotatable bonds is 4. The van der Waals surface area contributed by atoms with Crippen LogP contribution in [0.4, 0.5) is 5.82 Å². The fraction of sp³-hybridized carbons (Fsp3) is 0.250. The second-order valence-corrected chi connectivity index (χ2v) is 4.59. The average molecular weight is 280 g/mol. The van der Waals surface area contributed by atoms with Gasteiger partial charge in [-0.1, -0.05) is 11.6 Å². The lowest BCUT2D eigenvalue weighted by Gasteiger charge is -2.14. The van der Waals surface area contributed by atoms with E-state index in [-0.39, 0.29) is 22.9 Å². The molecule has 0 bridgehead atoms. The lowest BCUT2D eigenvalue weighted by Crippen LogP contribution is -2.35. The first-order valence-corrected chi connectivity index (χ1v) is 6.14. The average Bonchev–Trinajstić information content (AvgIpc) is 2.80. The van der Waals surface area contributed by atoms with Crippen LogP contribution in [0.15, 0.2) is 30.6 Å². The van der Waals surface area contributed by atoms with E-state index in [9.17, 15) is 4.79 Å². The predicted octanol–water partition coefficient (Wildman–Crippen LogP) is 1.33. The minimum atomic E-state index is -0.240. The van der Waals surface area contributed by atoms with E-state index in [1.807, 2.05) is 19.2 Å². The lowest BCUT2D eigenvalue weighted by molar-refractivity contribution is 0.0936. The van der Waals surface area contributed by atoms with Crippen LogP contribution in [0.1, 0.15) is 17.3 Å². The predicted molar refractivity (Wildman–Crippen MR) is 72.8 cm³/mol. The number of nitrogens with zero attached hydrogens (tertiary/aromatic N) is 3. The maximum Gasteiger partial charge on any atom is 0.251 e. The fourth-order valence-corrected chi connectivity index (χ4v) is 1.91. The van der Waals surface area contributed by atoms with E-state index in [1.54, 1.807) is 10.9 Å². The quantitative estimate of drug-likeness (QED) is 0.827. The largest absolute Gasteiger partial charge is 0.384 e. The van der Waals surface area contributed by atoms with Gasteiger partial charge in [0.15, 0.2) is 0 Å². The molecule has 0 saturated heterocycles. The van der Waals surface area contributed by atoms with E-state index in [0.717, 1.165) is 0 Å². The molecule has 0 aromatic carbocycles. The Bertz CT molecular complexity index is 549. The Morgan fingerprint density at radius 3 is 3.00 bits per heavy atom. The third-order valence-corrected chi connectivity index (χ3v) is 2.67. The molecule has 0 fully saturated rings. The molecule has 2 aromatic rings. The molecule has 100 valence electrons. The maximum atomic E-state index is 12.0. The first-order chi connectivity index (χ1) is 9.04. The van der Waals surface area contributed by atoms with E-state index >= 15 is 0 Å². The van der Waals surface area contributed by atoms with Crippen molar-refractivity contribution in [3.63, 3.8) is 0 Å². The van der Waals surface area contributed by atoms with Crippen LogP contribution in [-0.2, 0) is 6.54 Å². The topological polar surface area (TPSA) is 85.8 Å². The second-order valence-electron chi connectivity index (χ2n) is 4.21. The zero-order valence-corrected chi connectivity index (χ0v) is 11.1. The van der Waals surface area contributed by atoms with Gasteiger partial charge >= 0.3 is 0 Å². The summed E-state index contributed by atoms with van der Waals surface area (Å²) in [6.45, 7) is 2.48. The highest BCUT2D eigenvalue weighted by molar-refractivity contribution is 6.29. The molecule has 1 unspecified atom stereocenters. The molecule has 1 amide bonds. The number of carbonyl (C=O) groups excluding carboxylic acids is 1. The number of hydrogen-bond acceptors (Lipinski definition) is 4. The fourth-order valence-electron chi connectivity index (χ4n) is 1.69. The number of nitrogen functional groups attached to an aromatic ring is 1. The zero-order valence-electron chi connectivity index (χ0n) is 10.4. The van der Waals surface area contributed by atoms with Gasteiger partial charge in [-0.05, 0) is 25.1 Å². The van der Waals surface area contributed by atoms with Crippen molar-refractivity contribution in [1.82, 2.24) is 20.1 Å². The monoisotopic (exact) mass is 279 g/mol. The summed E-state index contributed by atoms with van der Waals surface area (Å²) in [6, 6.07) is 4.73. The number of carbonyl (C=O) groups is 1. The minimum Gasteiger partial charge on any atom is -0.384 e. The molecule has 2 heterocycles. The van der Waals surface area contributed by atoms with E-state index in [4.69, 9.17) is 17.3 Å². The van der Waals surface area contributed by atoms with Gasteiger partial charge in [-0.25, -0.2) is 4.98 Å². The Labute approximate surface area is 115 Å². The zero-order chi connectivity index (χ0) is 13.8. The number of pyridine rings is 1. The highest BCUT2D eigenvalue weighted by atomic mass is 35.5. The van der Waals surface area contributed by atoms with Crippen LogP contribution in [0, 0.1) is 0 Å². The highest BCUT2D eigenvalue weighted by Gasteiger charge is 2.12. The molecule has 3 N–H and O–H groups in total. The summed E-state index contributed by atoms with van der Waals surface area (Å²) in [7, 11) is 0. The number of aromatic nitrogens is 3. The van der Waals surface area contributed by atoms with E-state index in [2.05, 4.69) is 15.4 Å². The molecule has 0 aliphatic heterocycles. The summed E-state index contributed by atoms with van der Waals surface area (Å²) >= 11 is 5.76. The molecule has 19 heavy (non-hydrogen) atoms.